The second-order valence-electron chi connectivity index (χ2n) is 16.1. The van der Waals surface area contributed by atoms with E-state index in [1.165, 1.54) is 87.5 Å². The summed E-state index contributed by atoms with van der Waals surface area (Å²) in [5, 5.41) is 9.83. The molecule has 2 heteroatoms. The van der Waals surface area contributed by atoms with E-state index < -0.39 is 0 Å². The lowest BCUT2D eigenvalue weighted by molar-refractivity contribution is 1.18. The van der Waals surface area contributed by atoms with Gasteiger partial charge in [-0.25, -0.2) is 0 Å². The Balaban J connectivity index is 1.14. The zero-order valence-corrected chi connectivity index (χ0v) is 34.0. The summed E-state index contributed by atoms with van der Waals surface area (Å²) in [6.07, 6.45) is 0. The van der Waals surface area contributed by atoms with Crippen molar-refractivity contribution in [2.24, 2.45) is 0 Å². The first-order chi connectivity index (χ1) is 30.8. The highest BCUT2D eigenvalue weighted by atomic mass is 15.1. The van der Waals surface area contributed by atoms with Gasteiger partial charge in [-0.2, -0.15) is 0 Å². The van der Waals surface area contributed by atoms with Crippen LogP contribution in [0.3, 0.4) is 0 Å². The Morgan fingerprint density at radius 3 is 1.52 bits per heavy atom. The SMILES string of the molecule is c1ccc(-c2cccc(N(c3ccc4c(c3)c(-c3ccccc3)c(-c3ccccc3)c3ccccc34)c3ccc4c(c3)c3ccccc3n4-c3ccc4ccccc4c3)c2)cc1. The van der Waals surface area contributed by atoms with Crippen molar-refractivity contribution >= 4 is 71.2 Å². The highest BCUT2D eigenvalue weighted by Gasteiger charge is 2.22. The molecule has 12 aromatic rings. The van der Waals surface area contributed by atoms with Crippen LogP contribution < -0.4 is 4.90 Å². The normalized spacial score (nSPS) is 11.5. The van der Waals surface area contributed by atoms with Crippen molar-refractivity contribution < 1.29 is 0 Å². The van der Waals surface area contributed by atoms with Gasteiger partial charge in [0.15, 0.2) is 0 Å². The van der Waals surface area contributed by atoms with Gasteiger partial charge in [-0.15, -0.1) is 0 Å². The molecule has 0 N–H and O–H groups in total. The molecule has 0 radical (unpaired) electrons. The fourth-order valence-corrected chi connectivity index (χ4v) is 9.72. The van der Waals surface area contributed by atoms with Crippen LogP contribution in [0.2, 0.25) is 0 Å². The molecule has 0 aliphatic heterocycles. The highest BCUT2D eigenvalue weighted by Crippen LogP contribution is 2.48. The molecule has 0 amide bonds. The van der Waals surface area contributed by atoms with Crippen LogP contribution in [0.25, 0.3) is 93.2 Å². The van der Waals surface area contributed by atoms with Crippen LogP contribution in [-0.4, -0.2) is 4.57 Å². The largest absolute Gasteiger partial charge is 0.310 e. The molecule has 0 fully saturated rings. The molecule has 0 saturated carbocycles. The summed E-state index contributed by atoms with van der Waals surface area (Å²) in [6.45, 7) is 0. The molecule has 0 unspecified atom stereocenters. The van der Waals surface area contributed by atoms with E-state index in [4.69, 9.17) is 0 Å². The molecule has 0 aliphatic carbocycles. The first kappa shape index (κ1) is 35.7. The lowest BCUT2D eigenvalue weighted by Crippen LogP contribution is -2.10. The summed E-state index contributed by atoms with van der Waals surface area (Å²) in [5.41, 5.74) is 14.0. The van der Waals surface area contributed by atoms with Crippen molar-refractivity contribution in [2.45, 2.75) is 0 Å². The van der Waals surface area contributed by atoms with Crippen LogP contribution in [0.1, 0.15) is 0 Å². The molecule has 290 valence electrons. The fraction of sp³-hybridized carbons (Fsp3) is 0. The van der Waals surface area contributed by atoms with Gasteiger partial charge < -0.3 is 9.47 Å². The average molecular weight is 789 g/mol. The zero-order chi connectivity index (χ0) is 41.0. The van der Waals surface area contributed by atoms with Crippen LogP contribution in [0.4, 0.5) is 17.1 Å². The standard InChI is InChI=1S/C60H40N2/c1-4-17-41(18-5-1)46-25-16-26-47(37-46)61(50-34-36-58-55(39-50)53-28-14-15-30-57(53)62(58)48-32-31-42-19-10-11-24-45(42)38-48)49-33-35-52-51-27-12-13-29-54(51)59(43-20-6-2-7-21-43)60(56(52)40-49)44-22-8-3-9-23-44/h1-40H. The molecule has 12 rings (SSSR count). The fourth-order valence-electron chi connectivity index (χ4n) is 9.72. The van der Waals surface area contributed by atoms with Crippen LogP contribution >= 0.6 is 0 Å². The summed E-state index contributed by atoms with van der Waals surface area (Å²) >= 11 is 0. The molecule has 0 spiro atoms. The van der Waals surface area contributed by atoms with Crippen LogP contribution in [0, 0.1) is 0 Å². The van der Waals surface area contributed by atoms with Crippen LogP contribution in [0.15, 0.2) is 243 Å². The van der Waals surface area contributed by atoms with Gasteiger partial charge >= 0.3 is 0 Å². The van der Waals surface area contributed by atoms with Gasteiger partial charge in [-0.3, -0.25) is 0 Å². The molecule has 2 nitrogen and oxygen atoms in total. The zero-order valence-electron chi connectivity index (χ0n) is 34.0. The number of para-hydroxylation sites is 1. The predicted octanol–water partition coefficient (Wildman–Crippen LogP) is 16.7. The number of aromatic nitrogens is 1. The van der Waals surface area contributed by atoms with Crippen LogP contribution in [-0.2, 0) is 0 Å². The second-order valence-corrected chi connectivity index (χ2v) is 16.1. The van der Waals surface area contributed by atoms with E-state index in [-0.39, 0.29) is 0 Å². The lowest BCUT2D eigenvalue weighted by Gasteiger charge is -2.27. The van der Waals surface area contributed by atoms with Gasteiger partial charge in [0.1, 0.15) is 0 Å². The van der Waals surface area contributed by atoms with E-state index in [1.54, 1.807) is 0 Å². The Hall–Kier alpha value is -8.20. The summed E-state index contributed by atoms with van der Waals surface area (Å²) in [6, 6.07) is 88.6. The summed E-state index contributed by atoms with van der Waals surface area (Å²) in [5.74, 6) is 0. The molecule has 0 saturated heterocycles. The van der Waals surface area contributed by atoms with E-state index in [9.17, 15) is 0 Å². The topological polar surface area (TPSA) is 8.17 Å². The third kappa shape index (κ3) is 5.96. The Morgan fingerprint density at radius 1 is 0.258 bits per heavy atom. The van der Waals surface area contributed by atoms with E-state index in [0.29, 0.717) is 0 Å². The average Bonchev–Trinajstić information content (AvgIpc) is 3.68. The summed E-state index contributed by atoms with van der Waals surface area (Å²) in [7, 11) is 0. The van der Waals surface area contributed by atoms with Crippen molar-refractivity contribution in [1.29, 1.82) is 0 Å². The number of rotatable bonds is 7. The van der Waals surface area contributed by atoms with Crippen molar-refractivity contribution in [3.63, 3.8) is 0 Å². The van der Waals surface area contributed by atoms with Gasteiger partial charge in [0.25, 0.3) is 0 Å². The highest BCUT2D eigenvalue weighted by molar-refractivity contribution is 6.22. The third-order valence-electron chi connectivity index (χ3n) is 12.5. The van der Waals surface area contributed by atoms with Gasteiger partial charge in [-0.1, -0.05) is 182 Å². The maximum absolute atomic E-state index is 2.44. The van der Waals surface area contributed by atoms with Crippen molar-refractivity contribution in [1.82, 2.24) is 4.57 Å². The minimum Gasteiger partial charge on any atom is -0.310 e. The Kier molecular flexibility index (Phi) is 8.53. The number of anilines is 3. The molecule has 0 aliphatic rings. The van der Waals surface area contributed by atoms with E-state index in [0.717, 1.165) is 22.7 Å². The molecule has 0 atom stereocenters. The smallest absolute Gasteiger partial charge is 0.0542 e. The quantitative estimate of drug-likeness (QED) is 0.146. The van der Waals surface area contributed by atoms with E-state index in [2.05, 4.69) is 252 Å². The summed E-state index contributed by atoms with van der Waals surface area (Å²) < 4.78 is 2.42. The predicted molar refractivity (Wildman–Crippen MR) is 264 cm³/mol. The lowest BCUT2D eigenvalue weighted by atomic mass is 9.85. The Morgan fingerprint density at radius 2 is 0.774 bits per heavy atom. The molecular weight excluding hydrogens is 749 g/mol. The maximum atomic E-state index is 2.44. The van der Waals surface area contributed by atoms with E-state index >= 15 is 0 Å². The molecule has 62 heavy (non-hydrogen) atoms. The third-order valence-corrected chi connectivity index (χ3v) is 12.5. The Bertz CT molecular complexity index is 3620. The first-order valence-corrected chi connectivity index (χ1v) is 21.3. The first-order valence-electron chi connectivity index (χ1n) is 21.3. The minimum absolute atomic E-state index is 1.09. The number of nitrogens with zero attached hydrogens (tertiary/aromatic N) is 2. The van der Waals surface area contributed by atoms with Gasteiger partial charge in [0, 0.05) is 33.5 Å². The molecular formula is C60H40N2. The number of fused-ring (bicyclic) bond motifs is 7. The molecule has 0 bridgehead atoms. The van der Waals surface area contributed by atoms with Crippen LogP contribution in [0.5, 0.6) is 0 Å². The van der Waals surface area contributed by atoms with Crippen molar-refractivity contribution in [3.8, 4) is 39.1 Å². The maximum Gasteiger partial charge on any atom is 0.0542 e. The molecule has 1 heterocycles. The second kappa shape index (κ2) is 14.8. The molecule has 1 aromatic heterocycles. The number of hydrogen-bond acceptors (Lipinski definition) is 1. The van der Waals surface area contributed by atoms with E-state index in [1.807, 2.05) is 0 Å². The van der Waals surface area contributed by atoms with Gasteiger partial charge in [-0.05, 0) is 126 Å². The number of benzene rings is 11. The number of hydrogen-bond donors (Lipinski definition) is 0. The van der Waals surface area contributed by atoms with Gasteiger partial charge in [0.05, 0.1) is 11.0 Å². The van der Waals surface area contributed by atoms with Gasteiger partial charge in [0.2, 0.25) is 0 Å². The van der Waals surface area contributed by atoms with Crippen molar-refractivity contribution in [2.75, 3.05) is 4.90 Å². The molecule has 11 aromatic carbocycles. The Labute approximate surface area is 360 Å². The monoisotopic (exact) mass is 788 g/mol. The summed E-state index contributed by atoms with van der Waals surface area (Å²) in [4.78, 5) is 2.44. The minimum atomic E-state index is 1.09. The van der Waals surface area contributed by atoms with Crippen molar-refractivity contribution in [3.05, 3.63) is 243 Å².